The van der Waals surface area contributed by atoms with Crippen molar-refractivity contribution in [3.05, 3.63) is 53.1 Å². The van der Waals surface area contributed by atoms with E-state index in [4.69, 9.17) is 38.0 Å². The Morgan fingerprint density at radius 2 is 2.14 bits per heavy atom. The molecule has 2 aliphatic heterocycles. The van der Waals surface area contributed by atoms with Crippen LogP contribution in [0, 0.1) is 5.92 Å². The second kappa shape index (κ2) is 7.39. The minimum atomic E-state index is -1.11. The molecule has 4 rings (SSSR count). The van der Waals surface area contributed by atoms with E-state index in [1.165, 1.54) is 0 Å². The zero-order chi connectivity index (χ0) is 20.8. The highest BCUT2D eigenvalue weighted by Gasteiger charge is 2.59. The third-order valence-electron chi connectivity index (χ3n) is 5.31. The summed E-state index contributed by atoms with van der Waals surface area (Å²) in [6, 6.07) is 12.4. The minimum Gasteiger partial charge on any atom is -0.497 e. The third-order valence-corrected chi connectivity index (χ3v) is 5.85. The van der Waals surface area contributed by atoms with Crippen LogP contribution in [0.4, 0.5) is 5.69 Å². The Morgan fingerprint density at radius 1 is 1.34 bits per heavy atom. The van der Waals surface area contributed by atoms with E-state index in [1.54, 1.807) is 31.1 Å². The fourth-order valence-corrected chi connectivity index (χ4v) is 4.68. The number of anilines is 1. The SMILES string of the molecule is CCOC(=O)C1C2NC(=S)N(c3cccc(Cl)c3)C1(C)Oc1ccc(OC)cc12. The highest BCUT2D eigenvalue weighted by atomic mass is 35.5. The van der Waals surface area contributed by atoms with E-state index in [0.717, 1.165) is 11.3 Å². The zero-order valence-electron chi connectivity index (χ0n) is 16.3. The van der Waals surface area contributed by atoms with Gasteiger partial charge in [0.15, 0.2) is 5.11 Å². The Labute approximate surface area is 179 Å². The number of halogens is 1. The van der Waals surface area contributed by atoms with Crippen molar-refractivity contribution in [2.45, 2.75) is 25.6 Å². The molecule has 1 N–H and O–H groups in total. The van der Waals surface area contributed by atoms with Crippen molar-refractivity contribution in [3.63, 3.8) is 0 Å². The van der Waals surface area contributed by atoms with Crippen LogP contribution in [0.3, 0.4) is 0 Å². The number of rotatable bonds is 4. The molecule has 0 aliphatic carbocycles. The first-order valence-electron chi connectivity index (χ1n) is 9.29. The largest absolute Gasteiger partial charge is 0.497 e. The lowest BCUT2D eigenvalue weighted by Gasteiger charge is -2.55. The molecule has 3 unspecified atom stereocenters. The van der Waals surface area contributed by atoms with Gasteiger partial charge in [-0.2, -0.15) is 0 Å². The van der Waals surface area contributed by atoms with Gasteiger partial charge in [0.2, 0.25) is 5.72 Å². The molecule has 2 heterocycles. The molecule has 6 nitrogen and oxygen atoms in total. The van der Waals surface area contributed by atoms with E-state index in [2.05, 4.69) is 5.32 Å². The van der Waals surface area contributed by atoms with Gasteiger partial charge in [-0.3, -0.25) is 9.69 Å². The van der Waals surface area contributed by atoms with E-state index in [-0.39, 0.29) is 12.6 Å². The van der Waals surface area contributed by atoms with Gasteiger partial charge >= 0.3 is 5.97 Å². The predicted molar refractivity (Wildman–Crippen MR) is 115 cm³/mol. The molecular weight excluding hydrogens is 412 g/mol. The van der Waals surface area contributed by atoms with Crippen molar-refractivity contribution in [2.24, 2.45) is 5.92 Å². The summed E-state index contributed by atoms with van der Waals surface area (Å²) in [5.74, 6) is 0.285. The Kier molecular flexibility index (Phi) is 5.04. The van der Waals surface area contributed by atoms with Gasteiger partial charge in [0.1, 0.15) is 17.4 Å². The quantitative estimate of drug-likeness (QED) is 0.577. The number of thiocarbonyl (C=S) groups is 1. The van der Waals surface area contributed by atoms with Crippen LogP contribution >= 0.6 is 23.8 Å². The van der Waals surface area contributed by atoms with Gasteiger partial charge in [0.25, 0.3) is 0 Å². The van der Waals surface area contributed by atoms with Crippen LogP contribution < -0.4 is 19.7 Å². The molecule has 1 saturated heterocycles. The normalized spacial score (nSPS) is 24.8. The number of hydrogen-bond acceptors (Lipinski definition) is 5. The summed E-state index contributed by atoms with van der Waals surface area (Å²) in [4.78, 5) is 14.9. The zero-order valence-corrected chi connectivity index (χ0v) is 17.8. The summed E-state index contributed by atoms with van der Waals surface area (Å²) in [5, 5.41) is 4.31. The van der Waals surface area contributed by atoms with Gasteiger partial charge in [0, 0.05) is 16.3 Å². The van der Waals surface area contributed by atoms with Crippen molar-refractivity contribution in [3.8, 4) is 11.5 Å². The fourth-order valence-electron chi connectivity index (χ4n) is 4.09. The molecule has 8 heteroatoms. The molecular formula is C21H21ClN2O4S. The van der Waals surface area contributed by atoms with Gasteiger partial charge in [-0.25, -0.2) is 0 Å². The number of benzene rings is 2. The fraction of sp³-hybridized carbons (Fsp3) is 0.333. The van der Waals surface area contributed by atoms with Crippen molar-refractivity contribution in [2.75, 3.05) is 18.6 Å². The lowest BCUT2D eigenvalue weighted by Crippen LogP contribution is -2.71. The van der Waals surface area contributed by atoms with Gasteiger partial charge in [-0.1, -0.05) is 17.7 Å². The van der Waals surface area contributed by atoms with Crippen LogP contribution in [0.25, 0.3) is 0 Å². The Morgan fingerprint density at radius 3 is 2.83 bits per heavy atom. The average molecular weight is 433 g/mol. The van der Waals surface area contributed by atoms with E-state index in [9.17, 15) is 4.79 Å². The number of ether oxygens (including phenoxy) is 3. The molecule has 2 aromatic carbocycles. The lowest BCUT2D eigenvalue weighted by atomic mass is 9.79. The van der Waals surface area contributed by atoms with Gasteiger partial charge in [-0.05, 0) is 62.5 Å². The summed E-state index contributed by atoms with van der Waals surface area (Å²) >= 11 is 11.9. The highest BCUT2D eigenvalue weighted by Crippen LogP contribution is 2.50. The number of hydrogen-bond donors (Lipinski definition) is 1. The number of nitrogens with zero attached hydrogens (tertiary/aromatic N) is 1. The average Bonchev–Trinajstić information content (AvgIpc) is 2.67. The molecule has 2 aromatic rings. The first-order valence-corrected chi connectivity index (χ1v) is 10.1. The number of fused-ring (bicyclic) bond motifs is 4. The Bertz CT molecular complexity index is 985. The first kappa shape index (κ1) is 19.8. The van der Waals surface area contributed by atoms with Crippen molar-refractivity contribution < 1.29 is 19.0 Å². The molecule has 2 aliphatic rings. The van der Waals surface area contributed by atoms with E-state index >= 15 is 0 Å². The molecule has 1 fully saturated rings. The Balaban J connectivity index is 1.89. The first-order chi connectivity index (χ1) is 13.9. The van der Waals surface area contributed by atoms with E-state index in [0.29, 0.717) is 21.6 Å². The second-order valence-corrected chi connectivity index (χ2v) is 7.86. The monoisotopic (exact) mass is 432 g/mol. The molecule has 0 saturated carbocycles. The summed E-state index contributed by atoms with van der Waals surface area (Å²) in [5.41, 5.74) is 0.418. The summed E-state index contributed by atoms with van der Waals surface area (Å²) < 4.78 is 17.2. The van der Waals surface area contributed by atoms with Gasteiger partial charge < -0.3 is 19.5 Å². The second-order valence-electron chi connectivity index (χ2n) is 7.03. The molecule has 152 valence electrons. The van der Waals surface area contributed by atoms with Crippen LogP contribution in [0.2, 0.25) is 5.02 Å². The summed E-state index contributed by atoms with van der Waals surface area (Å²) in [6.45, 7) is 3.90. The Hall–Kier alpha value is -2.51. The summed E-state index contributed by atoms with van der Waals surface area (Å²) in [6.07, 6.45) is 0. The third kappa shape index (κ3) is 3.18. The summed E-state index contributed by atoms with van der Waals surface area (Å²) in [7, 11) is 1.60. The number of nitrogens with one attached hydrogen (secondary N) is 1. The number of carbonyl (C=O) groups is 1. The molecule has 3 atom stereocenters. The van der Waals surface area contributed by atoms with Gasteiger partial charge in [-0.15, -0.1) is 0 Å². The molecule has 2 bridgehead atoms. The van der Waals surface area contributed by atoms with Crippen LogP contribution in [-0.4, -0.2) is 30.5 Å². The van der Waals surface area contributed by atoms with Crippen LogP contribution in [0.5, 0.6) is 11.5 Å². The number of carbonyl (C=O) groups excluding carboxylic acids is 1. The predicted octanol–water partition coefficient (Wildman–Crippen LogP) is 4.07. The maximum atomic E-state index is 13.1. The minimum absolute atomic E-state index is 0.269. The standard InChI is InChI=1S/C21H21ClN2O4S/c1-4-27-19(25)17-18-15-11-14(26-3)8-9-16(15)28-21(17,2)24(20(29)23-18)13-7-5-6-12(22)10-13/h5-11,17-18H,4H2,1-3H3,(H,23,29). The topological polar surface area (TPSA) is 60.0 Å². The smallest absolute Gasteiger partial charge is 0.317 e. The van der Waals surface area contributed by atoms with E-state index < -0.39 is 17.7 Å². The number of esters is 1. The maximum absolute atomic E-state index is 13.1. The molecule has 0 radical (unpaired) electrons. The number of methoxy groups -OCH3 is 1. The molecule has 0 aromatic heterocycles. The van der Waals surface area contributed by atoms with Crippen LogP contribution in [-0.2, 0) is 9.53 Å². The van der Waals surface area contributed by atoms with Crippen LogP contribution in [0.15, 0.2) is 42.5 Å². The molecule has 0 spiro atoms. The van der Waals surface area contributed by atoms with Crippen LogP contribution in [0.1, 0.15) is 25.5 Å². The lowest BCUT2D eigenvalue weighted by molar-refractivity contribution is -0.159. The van der Waals surface area contributed by atoms with Crippen molar-refractivity contribution >= 4 is 40.6 Å². The van der Waals surface area contributed by atoms with E-state index in [1.807, 2.05) is 37.3 Å². The molecule has 0 amide bonds. The molecule has 29 heavy (non-hydrogen) atoms. The maximum Gasteiger partial charge on any atom is 0.317 e. The van der Waals surface area contributed by atoms with Crippen molar-refractivity contribution in [1.82, 2.24) is 5.32 Å². The van der Waals surface area contributed by atoms with Crippen molar-refractivity contribution in [1.29, 1.82) is 0 Å². The van der Waals surface area contributed by atoms with Gasteiger partial charge in [0.05, 0.1) is 19.8 Å². The highest BCUT2D eigenvalue weighted by molar-refractivity contribution is 7.80.